The molecule has 0 bridgehead atoms. The van der Waals surface area contributed by atoms with E-state index in [1.54, 1.807) is 36.4 Å². The van der Waals surface area contributed by atoms with Gasteiger partial charge in [-0.3, -0.25) is 4.79 Å². The first-order valence-corrected chi connectivity index (χ1v) is 13.8. The number of carbonyl (C=O) groups excluding carboxylic acids is 1. The van der Waals surface area contributed by atoms with E-state index in [0.717, 1.165) is 11.1 Å². The molecule has 0 heterocycles. The van der Waals surface area contributed by atoms with Crippen LogP contribution in [0.15, 0.2) is 97.1 Å². The quantitative estimate of drug-likeness (QED) is 0.193. The fourth-order valence-electron chi connectivity index (χ4n) is 4.69. The summed E-state index contributed by atoms with van der Waals surface area (Å²) in [6, 6.07) is 29.1. The number of phenols is 2. The first-order chi connectivity index (χ1) is 19.2. The SMILES string of the molecule is CC(C)COc1ccc(C(C(=O)C(c2ccccc2)c2ccc(OCC(C)C)cc2O)c2ccccc2)c(O)c1. The van der Waals surface area contributed by atoms with Gasteiger partial charge in [0.1, 0.15) is 23.0 Å². The van der Waals surface area contributed by atoms with E-state index in [-0.39, 0.29) is 17.3 Å². The molecule has 4 rings (SSSR count). The summed E-state index contributed by atoms with van der Waals surface area (Å²) >= 11 is 0. The zero-order valence-corrected chi connectivity index (χ0v) is 23.6. The maximum atomic E-state index is 14.7. The van der Waals surface area contributed by atoms with Crippen molar-refractivity contribution in [1.29, 1.82) is 0 Å². The predicted octanol–water partition coefficient (Wildman–Crippen LogP) is 7.70. The second-order valence-corrected chi connectivity index (χ2v) is 10.9. The molecule has 2 unspecified atom stereocenters. The standard InChI is InChI=1S/C35H38O5/c1-23(2)21-39-27-15-17-29(31(36)19-27)33(25-11-7-5-8-12-25)35(38)34(26-13-9-6-10-14-26)30-18-16-28(20-32(30)37)40-22-24(3)4/h5-20,23-24,33-34,36-37H,21-22H2,1-4H3. The van der Waals surface area contributed by atoms with Crippen LogP contribution >= 0.6 is 0 Å². The Labute approximate surface area is 237 Å². The number of Topliss-reactive ketones (excluding diaryl/α,β-unsaturated/α-hetero) is 1. The highest BCUT2D eigenvalue weighted by Crippen LogP contribution is 2.42. The maximum Gasteiger partial charge on any atom is 0.156 e. The van der Waals surface area contributed by atoms with Gasteiger partial charge >= 0.3 is 0 Å². The van der Waals surface area contributed by atoms with Crippen LogP contribution in [-0.2, 0) is 4.79 Å². The molecule has 0 fully saturated rings. The first-order valence-electron chi connectivity index (χ1n) is 13.8. The minimum Gasteiger partial charge on any atom is -0.507 e. The Morgan fingerprint density at radius 2 is 0.975 bits per heavy atom. The molecule has 0 saturated heterocycles. The van der Waals surface area contributed by atoms with Gasteiger partial charge in [0.15, 0.2) is 5.78 Å². The fraction of sp³-hybridized carbons (Fsp3) is 0.286. The number of rotatable bonds is 12. The van der Waals surface area contributed by atoms with Crippen LogP contribution in [0.2, 0.25) is 0 Å². The van der Waals surface area contributed by atoms with E-state index < -0.39 is 11.8 Å². The molecular formula is C35H38O5. The van der Waals surface area contributed by atoms with Crippen LogP contribution in [0.3, 0.4) is 0 Å². The fourth-order valence-corrected chi connectivity index (χ4v) is 4.69. The highest BCUT2D eigenvalue weighted by molar-refractivity contribution is 5.98. The second-order valence-electron chi connectivity index (χ2n) is 10.9. The number of hydrogen-bond acceptors (Lipinski definition) is 5. The highest BCUT2D eigenvalue weighted by Gasteiger charge is 2.35. The predicted molar refractivity (Wildman–Crippen MR) is 158 cm³/mol. The van der Waals surface area contributed by atoms with E-state index >= 15 is 0 Å². The van der Waals surface area contributed by atoms with E-state index in [2.05, 4.69) is 27.7 Å². The van der Waals surface area contributed by atoms with Gasteiger partial charge in [0.05, 0.1) is 25.0 Å². The summed E-state index contributed by atoms with van der Waals surface area (Å²) in [6.07, 6.45) is 0. The molecule has 0 amide bonds. The lowest BCUT2D eigenvalue weighted by atomic mass is 9.76. The molecule has 0 saturated carbocycles. The molecule has 0 spiro atoms. The Morgan fingerprint density at radius 3 is 1.30 bits per heavy atom. The highest BCUT2D eigenvalue weighted by atomic mass is 16.5. The first kappa shape index (κ1) is 28.8. The van der Waals surface area contributed by atoms with Gasteiger partial charge in [-0.2, -0.15) is 0 Å². The Morgan fingerprint density at radius 1 is 0.600 bits per heavy atom. The summed E-state index contributed by atoms with van der Waals surface area (Å²) in [4.78, 5) is 14.7. The van der Waals surface area contributed by atoms with Crippen molar-refractivity contribution in [2.75, 3.05) is 13.2 Å². The molecule has 0 radical (unpaired) electrons. The summed E-state index contributed by atoms with van der Waals surface area (Å²) < 4.78 is 11.6. The van der Waals surface area contributed by atoms with Crippen LogP contribution in [0.4, 0.5) is 0 Å². The largest absolute Gasteiger partial charge is 0.507 e. The molecule has 0 aliphatic rings. The second kappa shape index (κ2) is 13.2. The zero-order chi connectivity index (χ0) is 28.6. The number of aromatic hydroxyl groups is 2. The average molecular weight is 539 g/mol. The molecule has 5 heteroatoms. The van der Waals surface area contributed by atoms with E-state index in [4.69, 9.17) is 9.47 Å². The van der Waals surface area contributed by atoms with Crippen LogP contribution in [0.25, 0.3) is 0 Å². The van der Waals surface area contributed by atoms with Crippen molar-refractivity contribution in [1.82, 2.24) is 0 Å². The minimum atomic E-state index is -0.790. The van der Waals surface area contributed by atoms with Crippen LogP contribution in [0.5, 0.6) is 23.0 Å². The summed E-state index contributed by atoms with van der Waals surface area (Å²) in [7, 11) is 0. The van der Waals surface area contributed by atoms with Crippen molar-refractivity contribution < 1.29 is 24.5 Å². The molecule has 0 aliphatic carbocycles. The van der Waals surface area contributed by atoms with Gasteiger partial charge in [0.2, 0.25) is 0 Å². The normalized spacial score (nSPS) is 12.8. The molecule has 2 N–H and O–H groups in total. The lowest BCUT2D eigenvalue weighted by Gasteiger charge is -2.26. The summed E-state index contributed by atoms with van der Waals surface area (Å²) in [5, 5.41) is 22.3. The maximum absolute atomic E-state index is 14.7. The van der Waals surface area contributed by atoms with Crippen molar-refractivity contribution in [3.8, 4) is 23.0 Å². The number of ketones is 1. The lowest BCUT2D eigenvalue weighted by Crippen LogP contribution is -2.23. The third-order valence-electron chi connectivity index (χ3n) is 6.63. The molecule has 208 valence electrons. The molecule has 2 atom stereocenters. The van der Waals surface area contributed by atoms with Crippen LogP contribution in [0, 0.1) is 11.8 Å². The van der Waals surface area contributed by atoms with E-state index in [1.165, 1.54) is 0 Å². The average Bonchev–Trinajstić information content (AvgIpc) is 2.94. The van der Waals surface area contributed by atoms with Crippen molar-refractivity contribution >= 4 is 5.78 Å². The molecule has 0 aliphatic heterocycles. The molecule has 4 aromatic rings. The van der Waals surface area contributed by atoms with E-state index in [0.29, 0.717) is 47.7 Å². The van der Waals surface area contributed by atoms with Gasteiger partial charge in [0.25, 0.3) is 0 Å². The van der Waals surface area contributed by atoms with Crippen LogP contribution in [-0.4, -0.2) is 29.2 Å². The minimum absolute atomic E-state index is 0.0167. The van der Waals surface area contributed by atoms with E-state index in [9.17, 15) is 15.0 Å². The van der Waals surface area contributed by atoms with Crippen molar-refractivity contribution in [2.45, 2.75) is 39.5 Å². The molecule has 0 aromatic heterocycles. The number of carbonyl (C=O) groups is 1. The van der Waals surface area contributed by atoms with E-state index in [1.807, 2.05) is 60.7 Å². The van der Waals surface area contributed by atoms with Crippen molar-refractivity contribution in [2.24, 2.45) is 11.8 Å². The monoisotopic (exact) mass is 538 g/mol. The number of hydrogen-bond donors (Lipinski definition) is 2. The molecule has 4 aromatic carbocycles. The smallest absolute Gasteiger partial charge is 0.156 e. The number of phenolic OH excluding ortho intramolecular Hbond substituents is 2. The Balaban J connectivity index is 1.80. The third-order valence-corrected chi connectivity index (χ3v) is 6.63. The Kier molecular flexibility index (Phi) is 9.49. The third kappa shape index (κ3) is 7.03. The topological polar surface area (TPSA) is 76.0 Å². The van der Waals surface area contributed by atoms with Gasteiger partial charge in [-0.1, -0.05) is 100 Å². The summed E-state index contributed by atoms with van der Waals surface area (Å²) in [5.41, 5.74) is 2.45. The zero-order valence-electron chi connectivity index (χ0n) is 23.6. The lowest BCUT2D eigenvalue weighted by molar-refractivity contribution is -0.120. The van der Waals surface area contributed by atoms with Crippen molar-refractivity contribution in [3.63, 3.8) is 0 Å². The number of ether oxygens (including phenoxy) is 2. The van der Waals surface area contributed by atoms with Gasteiger partial charge in [0, 0.05) is 23.3 Å². The van der Waals surface area contributed by atoms with Gasteiger partial charge in [-0.25, -0.2) is 0 Å². The Hall–Kier alpha value is -4.25. The van der Waals surface area contributed by atoms with Crippen molar-refractivity contribution in [3.05, 3.63) is 119 Å². The van der Waals surface area contributed by atoms with Crippen LogP contribution in [0.1, 0.15) is 61.8 Å². The Bertz CT molecular complexity index is 1290. The van der Waals surface area contributed by atoms with Crippen LogP contribution < -0.4 is 9.47 Å². The number of benzene rings is 4. The summed E-state index contributed by atoms with van der Waals surface area (Å²) in [5.74, 6) is -0.0250. The molecular weight excluding hydrogens is 500 g/mol. The molecule has 5 nitrogen and oxygen atoms in total. The van der Waals surface area contributed by atoms with Gasteiger partial charge < -0.3 is 19.7 Å². The summed E-state index contributed by atoms with van der Waals surface area (Å²) in [6.45, 7) is 9.26. The van der Waals surface area contributed by atoms with Gasteiger partial charge in [-0.15, -0.1) is 0 Å². The molecule has 40 heavy (non-hydrogen) atoms. The van der Waals surface area contributed by atoms with Gasteiger partial charge in [-0.05, 0) is 35.1 Å².